The Hall–Kier alpha value is -3.14. The Morgan fingerprint density at radius 1 is 1.28 bits per heavy atom. The van der Waals surface area contributed by atoms with Gasteiger partial charge in [-0.05, 0) is 37.1 Å². The number of amides is 1. The number of nitriles is 1. The van der Waals surface area contributed by atoms with Gasteiger partial charge in [0.1, 0.15) is 11.6 Å². The molecule has 1 fully saturated rings. The lowest BCUT2D eigenvalue weighted by Crippen LogP contribution is -2.38. The van der Waals surface area contributed by atoms with E-state index in [1.54, 1.807) is 24.6 Å². The third-order valence-electron chi connectivity index (χ3n) is 4.60. The minimum absolute atomic E-state index is 0.0176. The lowest BCUT2D eigenvalue weighted by molar-refractivity contribution is 0.0707. The van der Waals surface area contributed by atoms with Crippen LogP contribution in [0.5, 0.6) is 0 Å². The molecule has 0 spiro atoms. The molecule has 25 heavy (non-hydrogen) atoms. The molecular formula is C18H17N5O2. The third kappa shape index (κ3) is 2.98. The van der Waals surface area contributed by atoms with Crippen molar-refractivity contribution in [3.63, 3.8) is 0 Å². The average Bonchev–Trinajstić information content (AvgIpc) is 3.31. The van der Waals surface area contributed by atoms with Gasteiger partial charge in [-0.2, -0.15) is 5.26 Å². The van der Waals surface area contributed by atoms with Crippen LogP contribution in [0.2, 0.25) is 0 Å². The molecule has 1 aliphatic rings. The van der Waals surface area contributed by atoms with Crippen molar-refractivity contribution < 1.29 is 9.21 Å². The van der Waals surface area contributed by atoms with E-state index in [1.165, 1.54) is 0 Å². The zero-order valence-electron chi connectivity index (χ0n) is 13.6. The highest BCUT2D eigenvalue weighted by molar-refractivity contribution is 5.94. The lowest BCUT2D eigenvalue weighted by atomic mass is 9.98. The fraction of sp³-hybridized carbons (Fsp3) is 0.333. The number of furan rings is 1. The monoisotopic (exact) mass is 335 g/mol. The molecule has 0 radical (unpaired) electrons. The van der Waals surface area contributed by atoms with E-state index in [-0.39, 0.29) is 11.8 Å². The highest BCUT2D eigenvalue weighted by atomic mass is 16.3. The smallest absolute Gasteiger partial charge is 0.255 e. The van der Waals surface area contributed by atoms with E-state index >= 15 is 0 Å². The van der Waals surface area contributed by atoms with Crippen LogP contribution in [0, 0.1) is 17.2 Å². The van der Waals surface area contributed by atoms with Crippen LogP contribution in [0.15, 0.2) is 41.1 Å². The van der Waals surface area contributed by atoms with Crippen LogP contribution in [0.25, 0.3) is 5.65 Å². The second kappa shape index (κ2) is 6.40. The lowest BCUT2D eigenvalue weighted by Gasteiger charge is -2.29. The van der Waals surface area contributed by atoms with Gasteiger partial charge in [-0.3, -0.25) is 9.20 Å². The maximum absolute atomic E-state index is 12.8. The standard InChI is InChI=1S/C18H17N5O2/c19-11-13-5-7-22(8-6-13)18(24)14-3-4-16-20-21-17(23(16)12-14)10-15-2-1-9-25-15/h1-4,9,12-13H,5-8,10H2. The number of fused-ring (bicyclic) bond motifs is 1. The zero-order valence-corrected chi connectivity index (χ0v) is 13.6. The van der Waals surface area contributed by atoms with Crippen molar-refractivity contribution >= 4 is 11.6 Å². The summed E-state index contributed by atoms with van der Waals surface area (Å²) >= 11 is 0. The molecule has 0 bridgehead atoms. The summed E-state index contributed by atoms with van der Waals surface area (Å²) in [5.41, 5.74) is 1.30. The fourth-order valence-electron chi connectivity index (χ4n) is 3.15. The van der Waals surface area contributed by atoms with Gasteiger partial charge in [0.2, 0.25) is 0 Å². The first-order valence-electron chi connectivity index (χ1n) is 8.29. The minimum Gasteiger partial charge on any atom is -0.469 e. The molecule has 0 saturated carbocycles. The van der Waals surface area contributed by atoms with E-state index in [9.17, 15) is 4.79 Å². The summed E-state index contributed by atoms with van der Waals surface area (Å²) < 4.78 is 7.20. The first-order chi connectivity index (χ1) is 12.2. The summed E-state index contributed by atoms with van der Waals surface area (Å²) in [5, 5.41) is 17.3. The summed E-state index contributed by atoms with van der Waals surface area (Å²) in [6, 6.07) is 9.58. The molecule has 4 heterocycles. The Labute approximate surface area is 144 Å². The van der Waals surface area contributed by atoms with Gasteiger partial charge in [0, 0.05) is 25.2 Å². The average molecular weight is 335 g/mol. The number of hydrogen-bond donors (Lipinski definition) is 0. The van der Waals surface area contributed by atoms with Crippen molar-refractivity contribution in [2.24, 2.45) is 5.92 Å². The van der Waals surface area contributed by atoms with Gasteiger partial charge >= 0.3 is 0 Å². The van der Waals surface area contributed by atoms with Crippen LogP contribution in [-0.4, -0.2) is 38.5 Å². The maximum Gasteiger partial charge on any atom is 0.255 e. The molecule has 7 heteroatoms. The molecule has 1 amide bonds. The van der Waals surface area contributed by atoms with Crippen molar-refractivity contribution in [2.45, 2.75) is 19.3 Å². The first kappa shape index (κ1) is 15.4. The summed E-state index contributed by atoms with van der Waals surface area (Å²) in [4.78, 5) is 14.6. The number of aromatic nitrogens is 3. The van der Waals surface area contributed by atoms with Gasteiger partial charge in [0.05, 0.1) is 24.3 Å². The van der Waals surface area contributed by atoms with Crippen LogP contribution in [-0.2, 0) is 6.42 Å². The fourth-order valence-corrected chi connectivity index (χ4v) is 3.15. The quantitative estimate of drug-likeness (QED) is 0.733. The van der Waals surface area contributed by atoms with Gasteiger partial charge < -0.3 is 9.32 Å². The van der Waals surface area contributed by atoms with E-state index in [0.29, 0.717) is 30.7 Å². The van der Waals surface area contributed by atoms with Crippen molar-refractivity contribution in [1.82, 2.24) is 19.5 Å². The number of nitrogens with zero attached hydrogens (tertiary/aromatic N) is 5. The van der Waals surface area contributed by atoms with Gasteiger partial charge in [-0.25, -0.2) is 0 Å². The highest BCUT2D eigenvalue weighted by Crippen LogP contribution is 2.19. The molecule has 0 atom stereocenters. The molecule has 1 saturated heterocycles. The second-order valence-corrected chi connectivity index (χ2v) is 6.21. The number of likely N-dealkylation sites (tertiary alicyclic amines) is 1. The number of rotatable bonds is 3. The predicted molar refractivity (Wildman–Crippen MR) is 88.7 cm³/mol. The van der Waals surface area contributed by atoms with Crippen LogP contribution in [0.4, 0.5) is 0 Å². The summed E-state index contributed by atoms with van der Waals surface area (Å²) in [7, 11) is 0. The Kier molecular flexibility index (Phi) is 3.94. The first-order valence-corrected chi connectivity index (χ1v) is 8.29. The van der Waals surface area contributed by atoms with E-state index in [1.807, 2.05) is 21.4 Å². The van der Waals surface area contributed by atoms with Crippen molar-refractivity contribution in [2.75, 3.05) is 13.1 Å². The van der Waals surface area contributed by atoms with Gasteiger partial charge in [0.15, 0.2) is 5.65 Å². The van der Waals surface area contributed by atoms with E-state index in [0.717, 1.165) is 24.4 Å². The predicted octanol–water partition coefficient (Wildman–Crippen LogP) is 2.29. The molecular weight excluding hydrogens is 318 g/mol. The molecule has 3 aromatic heterocycles. The van der Waals surface area contributed by atoms with E-state index in [4.69, 9.17) is 9.68 Å². The number of piperidine rings is 1. The highest BCUT2D eigenvalue weighted by Gasteiger charge is 2.24. The molecule has 0 unspecified atom stereocenters. The Balaban J connectivity index is 1.58. The van der Waals surface area contributed by atoms with Gasteiger partial charge in [0.25, 0.3) is 5.91 Å². The Morgan fingerprint density at radius 3 is 2.84 bits per heavy atom. The third-order valence-corrected chi connectivity index (χ3v) is 4.60. The number of pyridine rings is 1. The van der Waals surface area contributed by atoms with Crippen LogP contribution >= 0.6 is 0 Å². The molecule has 7 nitrogen and oxygen atoms in total. The van der Waals surface area contributed by atoms with Crippen molar-refractivity contribution in [3.8, 4) is 6.07 Å². The number of carbonyl (C=O) groups excluding carboxylic acids is 1. The molecule has 126 valence electrons. The Morgan fingerprint density at radius 2 is 2.12 bits per heavy atom. The van der Waals surface area contributed by atoms with Crippen LogP contribution < -0.4 is 0 Å². The van der Waals surface area contributed by atoms with E-state index < -0.39 is 0 Å². The summed E-state index contributed by atoms with van der Waals surface area (Å²) in [6.07, 6.45) is 5.39. The summed E-state index contributed by atoms with van der Waals surface area (Å²) in [6.45, 7) is 1.24. The molecule has 4 rings (SSSR count). The van der Waals surface area contributed by atoms with Crippen molar-refractivity contribution in [3.05, 3.63) is 53.9 Å². The zero-order chi connectivity index (χ0) is 17.2. The van der Waals surface area contributed by atoms with Crippen LogP contribution in [0.3, 0.4) is 0 Å². The second-order valence-electron chi connectivity index (χ2n) is 6.21. The maximum atomic E-state index is 12.8. The minimum atomic E-state index is -0.0176. The number of hydrogen-bond acceptors (Lipinski definition) is 5. The molecule has 0 aliphatic carbocycles. The summed E-state index contributed by atoms with van der Waals surface area (Å²) in [5.74, 6) is 1.56. The largest absolute Gasteiger partial charge is 0.469 e. The van der Waals surface area contributed by atoms with Gasteiger partial charge in [-0.1, -0.05) is 0 Å². The molecule has 1 aliphatic heterocycles. The van der Waals surface area contributed by atoms with Gasteiger partial charge in [-0.15, -0.1) is 10.2 Å². The molecule has 0 aromatic carbocycles. The molecule has 3 aromatic rings. The normalized spacial score (nSPS) is 15.4. The van der Waals surface area contributed by atoms with E-state index in [2.05, 4.69) is 16.3 Å². The number of carbonyl (C=O) groups is 1. The molecule has 0 N–H and O–H groups in total. The van der Waals surface area contributed by atoms with Crippen molar-refractivity contribution in [1.29, 1.82) is 5.26 Å². The Bertz CT molecular complexity index is 930. The van der Waals surface area contributed by atoms with Crippen LogP contribution in [0.1, 0.15) is 34.8 Å². The topological polar surface area (TPSA) is 87.4 Å². The SMILES string of the molecule is N#CC1CCN(C(=O)c2ccc3nnc(Cc4ccco4)n3c2)CC1.